The Morgan fingerprint density at radius 1 is 0.433 bits per heavy atom. The SMILES string of the molecule is CCCCCCCCCCOc1ccc(-c2ccc(C(=O)Oc3cc(N(C)C)c(OC(C)CCCCCC)cc3C#Cc3cc(OC(=O)c4ccc(-c5ccc(OCCCCCCCCCC)cc5)cc4)c([N+](=O)[O-])cc3OC(C)CCCCCC)cc2)cc1. The van der Waals surface area contributed by atoms with E-state index in [1.54, 1.807) is 36.4 Å². The topological polar surface area (TPSA) is 136 Å². The van der Waals surface area contributed by atoms with E-state index in [4.69, 9.17) is 28.4 Å². The number of nitro groups is 1. The van der Waals surface area contributed by atoms with Gasteiger partial charge in [-0.3, -0.25) is 10.1 Å². The van der Waals surface area contributed by atoms with Crippen LogP contribution < -0.4 is 33.3 Å². The van der Waals surface area contributed by atoms with E-state index in [0.717, 1.165) is 111 Å². The first-order valence-electron chi connectivity index (χ1n) is 33.9. The molecule has 0 saturated carbocycles. The molecule has 0 aliphatic carbocycles. The Hall–Kier alpha value is -7.78. The predicted molar refractivity (Wildman–Crippen MR) is 367 cm³/mol. The van der Waals surface area contributed by atoms with E-state index >= 15 is 0 Å². The molecule has 6 aromatic rings. The molecule has 0 heterocycles. The van der Waals surface area contributed by atoms with Gasteiger partial charge in [0.2, 0.25) is 5.75 Å². The molecule has 0 aliphatic rings. The molecule has 0 fully saturated rings. The molecule has 484 valence electrons. The van der Waals surface area contributed by atoms with Gasteiger partial charge in [-0.2, -0.15) is 0 Å². The second kappa shape index (κ2) is 40.1. The first kappa shape index (κ1) is 71.3. The molecule has 0 aromatic heterocycles. The maximum absolute atomic E-state index is 14.3. The molecule has 6 aromatic carbocycles. The Bertz CT molecular complexity index is 3140. The van der Waals surface area contributed by atoms with Crippen LogP contribution in [0.15, 0.2) is 121 Å². The lowest BCUT2D eigenvalue weighted by molar-refractivity contribution is -0.385. The van der Waals surface area contributed by atoms with Crippen molar-refractivity contribution in [3.63, 3.8) is 0 Å². The average Bonchev–Trinajstić information content (AvgIpc) is 1.83. The van der Waals surface area contributed by atoms with E-state index in [9.17, 15) is 19.7 Å². The van der Waals surface area contributed by atoms with Crippen molar-refractivity contribution < 1.29 is 42.9 Å². The Morgan fingerprint density at radius 3 is 1.18 bits per heavy atom. The highest BCUT2D eigenvalue weighted by Gasteiger charge is 2.25. The van der Waals surface area contributed by atoms with Crippen LogP contribution in [0.3, 0.4) is 0 Å². The zero-order chi connectivity index (χ0) is 64.3. The highest BCUT2D eigenvalue weighted by Crippen LogP contribution is 2.39. The van der Waals surface area contributed by atoms with Gasteiger partial charge in [-0.1, -0.05) is 216 Å². The van der Waals surface area contributed by atoms with E-state index in [0.29, 0.717) is 42.2 Å². The van der Waals surface area contributed by atoms with Crippen molar-refractivity contribution in [2.75, 3.05) is 32.2 Å². The number of anilines is 1. The van der Waals surface area contributed by atoms with Crippen LogP contribution in [-0.2, 0) is 0 Å². The van der Waals surface area contributed by atoms with Crippen molar-refractivity contribution in [1.82, 2.24) is 0 Å². The molecule has 6 rings (SSSR count). The number of carbonyl (C=O) groups is 2. The van der Waals surface area contributed by atoms with Crippen LogP contribution in [0.4, 0.5) is 11.4 Å². The van der Waals surface area contributed by atoms with Gasteiger partial charge < -0.3 is 33.3 Å². The summed E-state index contributed by atoms with van der Waals surface area (Å²) in [5, 5.41) is 12.9. The smallest absolute Gasteiger partial charge is 0.343 e. The lowest BCUT2D eigenvalue weighted by Crippen LogP contribution is -2.17. The molecule has 90 heavy (non-hydrogen) atoms. The zero-order valence-electron chi connectivity index (χ0n) is 55.5. The largest absolute Gasteiger partial charge is 0.494 e. The summed E-state index contributed by atoms with van der Waals surface area (Å²) in [6, 6.07) is 36.3. The number of carbonyl (C=O) groups excluding carboxylic acids is 2. The van der Waals surface area contributed by atoms with Crippen molar-refractivity contribution in [2.45, 2.75) is 221 Å². The standard InChI is InChI=1S/C78H102N2O10/c1-9-13-17-21-23-25-27-31-53-85-69-49-45-63(46-50-69)61-35-39-65(40-36-61)77(81)89-74-57-71(79(7)8)75(88-60(6)34-30-20-16-12-4)55-68(74)44-43-67-56-76(72(80(83)84)58-73(67)87-59(5)33-29-19-15-11-3)90-78(82)66-41-37-62(38-42-66)64-47-51-70(52-48-64)86-54-32-28-26-24-22-18-14-10-2/h35-42,45-52,55-60H,9-34,53-54H2,1-8H3. The van der Waals surface area contributed by atoms with E-state index in [1.807, 2.05) is 106 Å². The van der Waals surface area contributed by atoms with Gasteiger partial charge in [0.25, 0.3) is 0 Å². The Kier molecular flexibility index (Phi) is 31.7. The van der Waals surface area contributed by atoms with Crippen LogP contribution >= 0.6 is 0 Å². The van der Waals surface area contributed by atoms with E-state index in [-0.39, 0.29) is 40.6 Å². The molecule has 0 spiro atoms. The monoisotopic (exact) mass is 1230 g/mol. The summed E-state index contributed by atoms with van der Waals surface area (Å²) in [7, 11) is 3.79. The molecule has 0 amide bonds. The van der Waals surface area contributed by atoms with Crippen LogP contribution in [0.5, 0.6) is 34.5 Å². The van der Waals surface area contributed by atoms with Gasteiger partial charge in [0, 0.05) is 32.3 Å². The summed E-state index contributed by atoms with van der Waals surface area (Å²) in [6.07, 6.45) is 29.4. The predicted octanol–water partition coefficient (Wildman–Crippen LogP) is 21.3. The van der Waals surface area contributed by atoms with Gasteiger partial charge in [-0.25, -0.2) is 9.59 Å². The number of hydrogen-bond donors (Lipinski definition) is 0. The molecule has 2 atom stereocenters. The summed E-state index contributed by atoms with van der Waals surface area (Å²) >= 11 is 0. The van der Waals surface area contributed by atoms with Gasteiger partial charge in [-0.05, 0) is 123 Å². The number of unbranched alkanes of at least 4 members (excludes halogenated alkanes) is 20. The fraction of sp³-hybridized carbons (Fsp3) is 0.487. The number of nitro benzene ring substituents is 1. The van der Waals surface area contributed by atoms with Crippen LogP contribution in [0.2, 0.25) is 0 Å². The molecular formula is C78H102N2O10. The molecule has 0 bridgehead atoms. The fourth-order valence-electron chi connectivity index (χ4n) is 10.8. The van der Waals surface area contributed by atoms with Crippen LogP contribution in [0, 0.1) is 22.0 Å². The first-order chi connectivity index (χ1) is 43.8. The summed E-state index contributed by atoms with van der Waals surface area (Å²) in [5.74, 6) is 7.25. The van der Waals surface area contributed by atoms with Gasteiger partial charge in [0.15, 0.2) is 0 Å². The van der Waals surface area contributed by atoms with Gasteiger partial charge in [0.05, 0.1) is 64.4 Å². The lowest BCUT2D eigenvalue weighted by atomic mass is 10.0. The van der Waals surface area contributed by atoms with Crippen molar-refractivity contribution >= 4 is 23.3 Å². The number of nitrogens with zero attached hydrogens (tertiary/aromatic N) is 2. The van der Waals surface area contributed by atoms with Crippen LogP contribution in [0.1, 0.15) is 240 Å². The molecule has 0 saturated heterocycles. The quantitative estimate of drug-likeness (QED) is 0.00905. The zero-order valence-corrected chi connectivity index (χ0v) is 55.5. The van der Waals surface area contributed by atoms with Gasteiger partial charge in [0.1, 0.15) is 28.7 Å². The van der Waals surface area contributed by atoms with E-state index in [2.05, 4.69) is 39.5 Å². The van der Waals surface area contributed by atoms with Crippen LogP contribution in [-0.4, -0.2) is 56.4 Å². The number of rotatable bonds is 42. The number of benzene rings is 6. The van der Waals surface area contributed by atoms with Crippen molar-refractivity contribution in [1.29, 1.82) is 0 Å². The fourth-order valence-corrected chi connectivity index (χ4v) is 10.8. The second-order valence-electron chi connectivity index (χ2n) is 24.2. The minimum Gasteiger partial charge on any atom is -0.494 e. The number of esters is 2. The minimum atomic E-state index is -0.787. The second-order valence-corrected chi connectivity index (χ2v) is 24.2. The Morgan fingerprint density at radius 2 is 0.778 bits per heavy atom. The van der Waals surface area contributed by atoms with Crippen molar-refractivity contribution in [2.24, 2.45) is 0 Å². The van der Waals surface area contributed by atoms with E-state index < -0.39 is 22.5 Å². The summed E-state index contributed by atoms with van der Waals surface area (Å²) in [5.41, 5.74) is 5.02. The van der Waals surface area contributed by atoms with Crippen molar-refractivity contribution in [3.8, 4) is 68.6 Å². The molecule has 12 heteroatoms. The van der Waals surface area contributed by atoms with E-state index in [1.165, 1.54) is 95.6 Å². The molecule has 0 N–H and O–H groups in total. The maximum Gasteiger partial charge on any atom is 0.343 e. The maximum atomic E-state index is 14.3. The summed E-state index contributed by atoms with van der Waals surface area (Å²) < 4.78 is 37.5. The molecule has 12 nitrogen and oxygen atoms in total. The normalized spacial score (nSPS) is 11.7. The Balaban J connectivity index is 1.26. The molecule has 2 unspecified atom stereocenters. The third-order valence-electron chi connectivity index (χ3n) is 16.3. The Labute approximate surface area is 538 Å². The van der Waals surface area contributed by atoms with Crippen LogP contribution in [0.25, 0.3) is 22.3 Å². The lowest BCUT2D eigenvalue weighted by Gasteiger charge is -2.23. The third-order valence-corrected chi connectivity index (χ3v) is 16.3. The van der Waals surface area contributed by atoms with Gasteiger partial charge in [-0.15, -0.1) is 0 Å². The summed E-state index contributed by atoms with van der Waals surface area (Å²) in [4.78, 5) is 42.4. The first-order valence-corrected chi connectivity index (χ1v) is 33.9. The number of hydrogen-bond acceptors (Lipinski definition) is 11. The van der Waals surface area contributed by atoms with Gasteiger partial charge >= 0.3 is 17.6 Å². The molecule has 0 radical (unpaired) electrons. The van der Waals surface area contributed by atoms with Crippen molar-refractivity contribution in [3.05, 3.63) is 154 Å². The summed E-state index contributed by atoms with van der Waals surface area (Å²) in [6.45, 7) is 14.2. The average molecular weight is 1230 g/mol. The minimum absolute atomic E-state index is 0.139. The molecular weight excluding hydrogens is 1120 g/mol. The molecule has 0 aliphatic heterocycles. The highest BCUT2D eigenvalue weighted by atomic mass is 16.6. The number of ether oxygens (including phenoxy) is 6. The highest BCUT2D eigenvalue weighted by molar-refractivity contribution is 5.93. The third kappa shape index (κ3) is 24.5.